The van der Waals surface area contributed by atoms with Gasteiger partial charge in [0, 0.05) is 12.0 Å². The highest BCUT2D eigenvalue weighted by molar-refractivity contribution is 5.97. The van der Waals surface area contributed by atoms with Gasteiger partial charge in [0.05, 0.1) is 18.6 Å². The third-order valence-corrected chi connectivity index (χ3v) is 5.44. The van der Waals surface area contributed by atoms with Crippen molar-refractivity contribution in [1.82, 2.24) is 15.3 Å². The molecular formula is C20H21N7O6. The van der Waals surface area contributed by atoms with Crippen LogP contribution in [0, 0.1) is 0 Å². The Balaban J connectivity index is 1.49. The number of hydrogen-bond donors (Lipinski definition) is 5. The van der Waals surface area contributed by atoms with Crippen molar-refractivity contribution in [2.45, 2.75) is 24.9 Å². The van der Waals surface area contributed by atoms with E-state index in [-0.39, 0.29) is 29.5 Å². The number of hydrogen-bond acceptors (Lipinski definition) is 9. The Hall–Kier alpha value is -4.42. The first-order valence-electron chi connectivity index (χ1n) is 10.1. The minimum absolute atomic E-state index is 0.0231. The molecule has 1 amide bonds. The zero-order valence-corrected chi connectivity index (χ0v) is 17.3. The number of aliphatic carboxylic acids is 2. The van der Waals surface area contributed by atoms with E-state index in [2.05, 4.69) is 20.6 Å². The van der Waals surface area contributed by atoms with Crippen LogP contribution in [0.5, 0.6) is 0 Å². The van der Waals surface area contributed by atoms with Crippen LogP contribution in [0.4, 0.5) is 23.1 Å². The summed E-state index contributed by atoms with van der Waals surface area (Å²) in [4.78, 5) is 55.2. The van der Waals surface area contributed by atoms with Crippen LogP contribution >= 0.6 is 0 Å². The number of carbonyl (C=O) groups excluding carboxylic acids is 2. The number of aromatic nitrogens is 2. The van der Waals surface area contributed by atoms with E-state index in [1.807, 2.05) is 9.48 Å². The molecule has 3 heterocycles. The molecule has 2 aliphatic heterocycles. The molecule has 0 bridgehead atoms. The average Bonchev–Trinajstić information content (AvgIpc) is 3.20. The third kappa shape index (κ3) is 4.46. The molecule has 2 aliphatic rings. The van der Waals surface area contributed by atoms with Gasteiger partial charge in [-0.1, -0.05) is 0 Å². The first-order chi connectivity index (χ1) is 15.7. The molecule has 2 aromatic rings. The molecule has 1 aromatic carbocycles. The summed E-state index contributed by atoms with van der Waals surface area (Å²) in [6.07, 6.45) is 1.09. The number of benzene rings is 1. The maximum Gasteiger partial charge on any atom is 0.303 e. The Morgan fingerprint density at radius 2 is 2.06 bits per heavy atom. The molecule has 13 nitrogen and oxygen atoms in total. The second-order valence-electron chi connectivity index (χ2n) is 7.68. The number of nitrogens with zero attached hydrogens (tertiary/aromatic N) is 3. The number of aromatic amines is 1. The van der Waals surface area contributed by atoms with Gasteiger partial charge in [0.1, 0.15) is 12.2 Å². The molecule has 0 unspecified atom stereocenters. The van der Waals surface area contributed by atoms with Crippen molar-refractivity contribution in [2.24, 2.45) is 0 Å². The first-order valence-corrected chi connectivity index (χ1v) is 10.1. The third-order valence-electron chi connectivity index (χ3n) is 5.44. The molecule has 0 fully saturated rings. The predicted octanol–water partition coefficient (Wildman–Crippen LogP) is -1.95. The molecule has 6 N–H and O–H groups in total. The number of fused-ring (bicyclic) bond motifs is 3. The highest BCUT2D eigenvalue weighted by Gasteiger charge is 2.39. The second-order valence-corrected chi connectivity index (χ2v) is 7.68. The number of nitrogen functional groups attached to an aromatic ring is 1. The van der Waals surface area contributed by atoms with E-state index in [1.165, 1.54) is 12.1 Å². The molecule has 4 rings (SSSR count). The number of rotatable bonds is 7. The van der Waals surface area contributed by atoms with Crippen LogP contribution in [-0.4, -0.2) is 69.0 Å². The van der Waals surface area contributed by atoms with E-state index in [1.54, 1.807) is 18.5 Å². The van der Waals surface area contributed by atoms with Crippen LogP contribution in [0.2, 0.25) is 0 Å². The number of amides is 1. The molecule has 13 heteroatoms. The van der Waals surface area contributed by atoms with E-state index in [9.17, 15) is 24.3 Å². The molecule has 0 saturated carbocycles. The average molecular weight is 455 g/mol. The fourth-order valence-corrected chi connectivity index (χ4v) is 3.81. The van der Waals surface area contributed by atoms with Gasteiger partial charge in [0.25, 0.3) is 5.91 Å². The minimum Gasteiger partial charge on any atom is -0.548 e. The van der Waals surface area contributed by atoms with Gasteiger partial charge < -0.3 is 31.4 Å². The summed E-state index contributed by atoms with van der Waals surface area (Å²) in [5, 5.41) is 25.3. The van der Waals surface area contributed by atoms with E-state index in [4.69, 9.17) is 10.8 Å². The summed E-state index contributed by atoms with van der Waals surface area (Å²) >= 11 is 0. The minimum atomic E-state index is -1.55. The number of H-pyrrole nitrogens is 1. The van der Waals surface area contributed by atoms with E-state index in [0.29, 0.717) is 24.6 Å². The maximum absolute atomic E-state index is 12.4. The van der Waals surface area contributed by atoms with Crippen molar-refractivity contribution in [2.75, 3.05) is 29.0 Å². The largest absolute Gasteiger partial charge is 0.548 e. The molecule has 0 spiro atoms. The molecule has 33 heavy (non-hydrogen) atoms. The van der Waals surface area contributed by atoms with Crippen LogP contribution < -0.4 is 31.9 Å². The lowest BCUT2D eigenvalue weighted by Gasteiger charge is -2.20. The number of nitrogens with two attached hydrogens (primary N) is 1. The summed E-state index contributed by atoms with van der Waals surface area (Å²) in [5.74, 6) is -2.94. The summed E-state index contributed by atoms with van der Waals surface area (Å²) < 4.78 is 1.82. The quantitative estimate of drug-likeness (QED) is 0.293. The van der Waals surface area contributed by atoms with Crippen LogP contribution in [-0.2, 0) is 9.59 Å². The summed E-state index contributed by atoms with van der Waals surface area (Å²) in [5.41, 5.74) is 6.59. The monoisotopic (exact) mass is 455 g/mol. The Kier molecular flexibility index (Phi) is 5.69. The maximum atomic E-state index is 12.4. The van der Waals surface area contributed by atoms with Crippen molar-refractivity contribution in [3.63, 3.8) is 0 Å². The summed E-state index contributed by atoms with van der Waals surface area (Å²) in [7, 11) is 0. The number of carboxylic acid groups (broad SMARTS) is 2. The van der Waals surface area contributed by atoms with Gasteiger partial charge in [-0.3, -0.25) is 19.4 Å². The number of nitrogens with one attached hydrogen (secondary N) is 3. The highest BCUT2D eigenvalue weighted by atomic mass is 16.4. The number of carboxylic acids is 2. The van der Waals surface area contributed by atoms with Crippen molar-refractivity contribution < 1.29 is 29.2 Å². The Morgan fingerprint density at radius 3 is 2.73 bits per heavy atom. The standard InChI is InChI=1S/C20H21N7O6/c21-20-24-16-15(18(31)25-20)27-9-26(8-12(27)7-22-16)11-3-1-10(2-4-11)17(30)23-13(19(32)33)5-6-14(28)29/h1-4,9,12-13H,5-8H2,(H6-,21,22,23,24,25,28,29,30,31,32,33)/t12-,13+/m1/s1. The van der Waals surface area contributed by atoms with E-state index in [0.717, 1.165) is 5.69 Å². The molecule has 1 aromatic heterocycles. The smallest absolute Gasteiger partial charge is 0.303 e. The van der Waals surface area contributed by atoms with Crippen molar-refractivity contribution in [3.8, 4) is 0 Å². The molecule has 0 radical (unpaired) electrons. The molecule has 172 valence electrons. The van der Waals surface area contributed by atoms with Crippen LogP contribution in [0.3, 0.4) is 0 Å². The van der Waals surface area contributed by atoms with Gasteiger partial charge in [-0.25, -0.2) is 9.48 Å². The lowest BCUT2D eigenvalue weighted by molar-refractivity contribution is -0.468. The lowest BCUT2D eigenvalue weighted by atomic mass is 10.1. The van der Waals surface area contributed by atoms with E-state index >= 15 is 0 Å². The SMILES string of the molecule is Nc1nc2c(c(=O)[nH]1)[N+]1=CN(c3ccc(C(=O)N[C@@H](CCC(=O)O)C(=O)[O-])cc3)C[C@H]1CN2. The normalized spacial score (nSPS) is 17.3. The van der Waals surface area contributed by atoms with Crippen molar-refractivity contribution in [1.29, 1.82) is 0 Å². The van der Waals surface area contributed by atoms with Crippen molar-refractivity contribution in [3.05, 3.63) is 40.2 Å². The van der Waals surface area contributed by atoms with Crippen LogP contribution in [0.1, 0.15) is 23.2 Å². The molecule has 0 aliphatic carbocycles. The zero-order valence-electron chi connectivity index (χ0n) is 17.3. The lowest BCUT2D eigenvalue weighted by Crippen LogP contribution is -2.48. The highest BCUT2D eigenvalue weighted by Crippen LogP contribution is 2.28. The molecule has 0 saturated heterocycles. The van der Waals surface area contributed by atoms with Gasteiger partial charge in [0.15, 0.2) is 11.9 Å². The van der Waals surface area contributed by atoms with Crippen molar-refractivity contribution >= 4 is 47.3 Å². The van der Waals surface area contributed by atoms with Gasteiger partial charge in [0.2, 0.25) is 18.0 Å². The summed E-state index contributed by atoms with van der Waals surface area (Å²) in [6.45, 7) is 1.13. The second kappa shape index (κ2) is 8.61. The van der Waals surface area contributed by atoms with E-state index < -0.39 is 30.3 Å². The number of anilines is 3. The van der Waals surface area contributed by atoms with Crippen LogP contribution in [0.15, 0.2) is 29.1 Å². The molecular weight excluding hydrogens is 434 g/mol. The number of carbonyl (C=O) groups is 3. The first kappa shape index (κ1) is 21.8. The Morgan fingerprint density at radius 1 is 1.33 bits per heavy atom. The predicted molar refractivity (Wildman–Crippen MR) is 114 cm³/mol. The fourth-order valence-electron chi connectivity index (χ4n) is 3.81. The fraction of sp³-hybridized carbons (Fsp3) is 0.300. The van der Waals surface area contributed by atoms with Gasteiger partial charge in [-0.2, -0.15) is 4.98 Å². The van der Waals surface area contributed by atoms with Gasteiger partial charge >= 0.3 is 11.5 Å². The van der Waals surface area contributed by atoms with Crippen LogP contribution in [0.25, 0.3) is 0 Å². The van der Waals surface area contributed by atoms with Gasteiger partial charge in [-0.05, 0) is 30.7 Å². The zero-order chi connectivity index (χ0) is 23.7. The van der Waals surface area contributed by atoms with Gasteiger partial charge in [-0.15, -0.1) is 0 Å². The summed E-state index contributed by atoms with van der Waals surface area (Å²) in [6, 6.07) is 5.00. The Labute approximate surface area is 186 Å². The Bertz CT molecular complexity index is 1210. The molecule has 2 atom stereocenters. The topological polar surface area (TPSA) is 197 Å².